The first-order valence-electron chi connectivity index (χ1n) is 9.70. The van der Waals surface area contributed by atoms with E-state index in [1.165, 1.54) is 16.8 Å². The molecule has 1 amide bonds. The number of hydrogen-bond donors (Lipinski definition) is 1. The van der Waals surface area contributed by atoms with Crippen molar-refractivity contribution in [2.75, 3.05) is 6.61 Å². The Morgan fingerprint density at radius 3 is 2.72 bits per heavy atom. The summed E-state index contributed by atoms with van der Waals surface area (Å²) in [5.74, 6) is 1.49. The minimum absolute atomic E-state index is 0.205. The fourth-order valence-electron chi connectivity index (χ4n) is 3.42. The topological polar surface area (TPSA) is 56.2 Å². The quantitative estimate of drug-likeness (QED) is 0.360. The van der Waals surface area contributed by atoms with Gasteiger partial charge in [-0.2, -0.15) is 0 Å². The molecule has 4 aromatic rings. The number of rotatable bonds is 8. The Morgan fingerprint density at radius 1 is 1.07 bits per heavy atom. The predicted octanol–water partition coefficient (Wildman–Crippen LogP) is 4.46. The Labute approximate surface area is 169 Å². The van der Waals surface area contributed by atoms with Crippen molar-refractivity contribution < 1.29 is 9.53 Å². The van der Waals surface area contributed by atoms with Crippen LogP contribution in [0.25, 0.3) is 21.8 Å². The molecule has 0 spiro atoms. The number of para-hydroxylation sites is 2. The average Bonchev–Trinajstić information content (AvgIpc) is 3.12. The van der Waals surface area contributed by atoms with Gasteiger partial charge in [-0.05, 0) is 47.5 Å². The SMILES string of the molecule is C=CC(=O)NCc1nc2ccccc2n1CCCOc1ccc2ccccc2c1. The lowest BCUT2D eigenvalue weighted by molar-refractivity contribution is -0.116. The molecule has 0 atom stereocenters. The molecule has 0 saturated heterocycles. The molecule has 4 rings (SSSR count). The van der Waals surface area contributed by atoms with Crippen molar-refractivity contribution in [2.45, 2.75) is 19.5 Å². The average molecular weight is 385 g/mol. The van der Waals surface area contributed by atoms with Crippen LogP contribution in [0.15, 0.2) is 79.4 Å². The third-order valence-corrected chi connectivity index (χ3v) is 4.86. The van der Waals surface area contributed by atoms with Crippen molar-refractivity contribution in [3.8, 4) is 5.75 Å². The van der Waals surface area contributed by atoms with Crippen molar-refractivity contribution in [1.29, 1.82) is 0 Å². The molecule has 146 valence electrons. The van der Waals surface area contributed by atoms with Crippen molar-refractivity contribution in [1.82, 2.24) is 14.9 Å². The number of ether oxygens (including phenoxy) is 1. The lowest BCUT2D eigenvalue weighted by Gasteiger charge is -2.11. The molecule has 0 aliphatic heterocycles. The van der Waals surface area contributed by atoms with Crippen LogP contribution in [0.5, 0.6) is 5.75 Å². The highest BCUT2D eigenvalue weighted by Gasteiger charge is 2.11. The van der Waals surface area contributed by atoms with E-state index in [9.17, 15) is 4.79 Å². The van der Waals surface area contributed by atoms with Crippen LogP contribution in [0.2, 0.25) is 0 Å². The molecule has 0 aliphatic rings. The van der Waals surface area contributed by atoms with Gasteiger partial charge in [0.25, 0.3) is 0 Å². The number of carbonyl (C=O) groups excluding carboxylic acids is 1. The van der Waals surface area contributed by atoms with Gasteiger partial charge in [0.2, 0.25) is 5.91 Å². The maximum absolute atomic E-state index is 11.5. The Morgan fingerprint density at radius 2 is 1.86 bits per heavy atom. The second-order valence-electron chi connectivity index (χ2n) is 6.80. The van der Waals surface area contributed by atoms with Crippen LogP contribution in [0.1, 0.15) is 12.2 Å². The minimum Gasteiger partial charge on any atom is -0.494 e. The van der Waals surface area contributed by atoms with E-state index in [1.807, 2.05) is 42.5 Å². The van der Waals surface area contributed by atoms with E-state index in [4.69, 9.17) is 4.74 Å². The highest BCUT2D eigenvalue weighted by molar-refractivity contribution is 5.86. The number of nitrogens with zero attached hydrogens (tertiary/aromatic N) is 2. The standard InChI is InChI=1S/C24H23N3O2/c1-2-24(28)25-17-23-26-21-10-5-6-11-22(21)27(23)14-7-15-29-20-13-12-18-8-3-4-9-19(18)16-20/h2-6,8-13,16H,1,7,14-15,17H2,(H,25,28). The summed E-state index contributed by atoms with van der Waals surface area (Å²) < 4.78 is 8.10. The summed E-state index contributed by atoms with van der Waals surface area (Å²) in [6.45, 7) is 5.21. The van der Waals surface area contributed by atoms with Gasteiger partial charge in [0.1, 0.15) is 11.6 Å². The molecular formula is C24H23N3O2. The molecule has 0 saturated carbocycles. The summed E-state index contributed by atoms with van der Waals surface area (Å²) in [6.07, 6.45) is 2.10. The molecule has 1 aromatic heterocycles. The van der Waals surface area contributed by atoms with Crippen molar-refractivity contribution in [2.24, 2.45) is 0 Å². The van der Waals surface area contributed by atoms with E-state index in [0.29, 0.717) is 13.2 Å². The van der Waals surface area contributed by atoms with Crippen molar-refractivity contribution >= 4 is 27.7 Å². The lowest BCUT2D eigenvalue weighted by Crippen LogP contribution is -2.22. The number of hydrogen-bond acceptors (Lipinski definition) is 3. The monoisotopic (exact) mass is 385 g/mol. The van der Waals surface area contributed by atoms with Crippen LogP contribution in [0.3, 0.4) is 0 Å². The van der Waals surface area contributed by atoms with E-state index >= 15 is 0 Å². The number of fused-ring (bicyclic) bond motifs is 2. The lowest BCUT2D eigenvalue weighted by atomic mass is 10.1. The zero-order chi connectivity index (χ0) is 20.1. The van der Waals surface area contributed by atoms with Crippen LogP contribution in [0.4, 0.5) is 0 Å². The molecule has 1 N–H and O–H groups in total. The Bertz CT molecular complexity index is 1160. The summed E-state index contributed by atoms with van der Waals surface area (Å²) in [5, 5.41) is 5.19. The van der Waals surface area contributed by atoms with Gasteiger partial charge >= 0.3 is 0 Å². The van der Waals surface area contributed by atoms with Crippen LogP contribution in [-0.4, -0.2) is 22.1 Å². The Hall–Kier alpha value is -3.60. The smallest absolute Gasteiger partial charge is 0.243 e. The number of aromatic nitrogens is 2. The van der Waals surface area contributed by atoms with Gasteiger partial charge in [-0.15, -0.1) is 0 Å². The van der Waals surface area contributed by atoms with E-state index in [-0.39, 0.29) is 5.91 Å². The summed E-state index contributed by atoms with van der Waals surface area (Å²) >= 11 is 0. The number of carbonyl (C=O) groups is 1. The summed E-state index contributed by atoms with van der Waals surface area (Å²) in [6, 6.07) is 22.4. The maximum Gasteiger partial charge on any atom is 0.243 e. The maximum atomic E-state index is 11.5. The van der Waals surface area contributed by atoms with Gasteiger partial charge < -0.3 is 14.6 Å². The number of nitrogens with one attached hydrogen (secondary N) is 1. The predicted molar refractivity (Wildman–Crippen MR) is 116 cm³/mol. The molecular weight excluding hydrogens is 362 g/mol. The van der Waals surface area contributed by atoms with E-state index in [2.05, 4.69) is 45.7 Å². The highest BCUT2D eigenvalue weighted by atomic mass is 16.5. The molecule has 0 radical (unpaired) electrons. The Kier molecular flexibility index (Phi) is 5.56. The molecule has 0 bridgehead atoms. The van der Waals surface area contributed by atoms with Gasteiger partial charge in [0.05, 0.1) is 24.2 Å². The molecule has 0 unspecified atom stereocenters. The first-order valence-corrected chi connectivity index (χ1v) is 9.70. The first-order chi connectivity index (χ1) is 14.2. The van der Waals surface area contributed by atoms with E-state index in [0.717, 1.165) is 35.6 Å². The number of aryl methyl sites for hydroxylation is 1. The second-order valence-corrected chi connectivity index (χ2v) is 6.80. The molecule has 5 nitrogen and oxygen atoms in total. The Balaban J connectivity index is 1.42. The van der Waals surface area contributed by atoms with Crippen LogP contribution < -0.4 is 10.1 Å². The van der Waals surface area contributed by atoms with Gasteiger partial charge in [-0.25, -0.2) is 4.98 Å². The fourth-order valence-corrected chi connectivity index (χ4v) is 3.42. The summed E-state index contributed by atoms with van der Waals surface area (Å²) in [4.78, 5) is 16.2. The van der Waals surface area contributed by atoms with Crippen molar-refractivity contribution in [3.63, 3.8) is 0 Å². The number of amides is 1. The van der Waals surface area contributed by atoms with Gasteiger partial charge in [0, 0.05) is 6.54 Å². The zero-order valence-electron chi connectivity index (χ0n) is 16.2. The van der Waals surface area contributed by atoms with E-state index in [1.54, 1.807) is 0 Å². The molecule has 3 aromatic carbocycles. The summed E-state index contributed by atoms with van der Waals surface area (Å²) in [5.41, 5.74) is 1.98. The highest BCUT2D eigenvalue weighted by Crippen LogP contribution is 2.21. The van der Waals surface area contributed by atoms with Gasteiger partial charge in [-0.3, -0.25) is 4.79 Å². The second kappa shape index (κ2) is 8.61. The van der Waals surface area contributed by atoms with Crippen molar-refractivity contribution in [3.05, 3.63) is 85.2 Å². The number of imidazole rings is 1. The van der Waals surface area contributed by atoms with Gasteiger partial charge in [-0.1, -0.05) is 49.0 Å². The largest absolute Gasteiger partial charge is 0.494 e. The molecule has 0 fully saturated rings. The number of benzene rings is 3. The minimum atomic E-state index is -0.205. The van der Waals surface area contributed by atoms with Gasteiger partial charge in [0.15, 0.2) is 0 Å². The van der Waals surface area contributed by atoms with E-state index < -0.39 is 0 Å². The van der Waals surface area contributed by atoms with Crippen LogP contribution >= 0.6 is 0 Å². The van der Waals surface area contributed by atoms with Crippen LogP contribution in [0, 0.1) is 0 Å². The third kappa shape index (κ3) is 4.29. The molecule has 1 heterocycles. The molecule has 29 heavy (non-hydrogen) atoms. The molecule has 0 aliphatic carbocycles. The fraction of sp³-hybridized carbons (Fsp3) is 0.167. The first kappa shape index (κ1) is 18.7. The zero-order valence-corrected chi connectivity index (χ0v) is 16.2. The third-order valence-electron chi connectivity index (χ3n) is 4.86. The normalized spacial score (nSPS) is 10.9. The van der Waals surface area contributed by atoms with Crippen LogP contribution in [-0.2, 0) is 17.9 Å². The molecule has 5 heteroatoms. The summed E-state index contributed by atoms with van der Waals surface area (Å²) in [7, 11) is 0.